The minimum absolute atomic E-state index is 0.156. The van der Waals surface area contributed by atoms with Crippen LogP contribution in [0.1, 0.15) is 24.1 Å². The number of ether oxygens (including phenoxy) is 2. The molecule has 4 rings (SSSR count). The number of methoxy groups -OCH3 is 1. The molecule has 8 heteroatoms. The molecular weight excluding hydrogens is 358 g/mol. The van der Waals surface area contributed by atoms with E-state index < -0.39 is 12.0 Å². The van der Waals surface area contributed by atoms with Gasteiger partial charge in [0, 0.05) is 5.70 Å². The first-order valence-electron chi connectivity index (χ1n) is 8.78. The number of carbonyl (C=O) groups is 1. The Balaban J connectivity index is 1.61. The SMILES string of the molecule is COc1ccc(COC(=O)C2=C(C)Nc3nnnn3C2c2ccccc2)cc1. The van der Waals surface area contributed by atoms with Crippen molar-refractivity contribution < 1.29 is 14.3 Å². The molecule has 1 aliphatic rings. The summed E-state index contributed by atoms with van der Waals surface area (Å²) < 4.78 is 12.3. The number of carbonyl (C=O) groups excluding carboxylic acids is 1. The number of nitrogens with one attached hydrogen (secondary N) is 1. The van der Waals surface area contributed by atoms with E-state index in [1.165, 1.54) is 0 Å². The van der Waals surface area contributed by atoms with Crippen molar-refractivity contribution in [3.8, 4) is 5.75 Å². The Morgan fingerprint density at radius 1 is 1.14 bits per heavy atom. The van der Waals surface area contributed by atoms with Gasteiger partial charge in [-0.1, -0.05) is 47.6 Å². The second kappa shape index (κ2) is 7.51. The quantitative estimate of drug-likeness (QED) is 0.684. The average Bonchev–Trinajstić information content (AvgIpc) is 3.20. The molecule has 0 radical (unpaired) electrons. The molecule has 0 spiro atoms. The smallest absolute Gasteiger partial charge is 0.338 e. The number of hydrogen-bond donors (Lipinski definition) is 1. The lowest BCUT2D eigenvalue weighted by molar-refractivity contribution is -0.140. The van der Waals surface area contributed by atoms with E-state index in [0.717, 1.165) is 16.9 Å². The van der Waals surface area contributed by atoms with Crippen LogP contribution in [0.25, 0.3) is 0 Å². The average molecular weight is 377 g/mol. The molecule has 8 nitrogen and oxygen atoms in total. The van der Waals surface area contributed by atoms with E-state index in [9.17, 15) is 4.79 Å². The predicted molar refractivity (Wildman–Crippen MR) is 102 cm³/mol. The molecule has 1 N–H and O–H groups in total. The number of fused-ring (bicyclic) bond motifs is 1. The summed E-state index contributed by atoms with van der Waals surface area (Å²) in [6.45, 7) is 1.97. The first-order valence-corrected chi connectivity index (χ1v) is 8.78. The Labute approximate surface area is 161 Å². The second-order valence-electron chi connectivity index (χ2n) is 6.35. The number of hydrogen-bond acceptors (Lipinski definition) is 7. The van der Waals surface area contributed by atoms with E-state index in [0.29, 0.717) is 17.2 Å². The van der Waals surface area contributed by atoms with E-state index >= 15 is 0 Å². The van der Waals surface area contributed by atoms with Gasteiger partial charge in [-0.05, 0) is 40.6 Å². The summed E-state index contributed by atoms with van der Waals surface area (Å²) in [5.74, 6) is 0.814. The molecule has 1 atom stereocenters. The lowest BCUT2D eigenvalue weighted by Gasteiger charge is -2.27. The summed E-state index contributed by atoms with van der Waals surface area (Å²) >= 11 is 0. The maximum atomic E-state index is 13.0. The molecule has 0 fully saturated rings. The number of allylic oxidation sites excluding steroid dienone is 1. The fraction of sp³-hybridized carbons (Fsp3) is 0.200. The van der Waals surface area contributed by atoms with Crippen molar-refractivity contribution in [3.05, 3.63) is 77.0 Å². The number of nitrogens with zero attached hydrogens (tertiary/aromatic N) is 4. The number of esters is 1. The highest BCUT2D eigenvalue weighted by Crippen LogP contribution is 2.34. The molecule has 3 aromatic rings. The lowest BCUT2D eigenvalue weighted by atomic mass is 9.96. The van der Waals surface area contributed by atoms with Crippen molar-refractivity contribution in [2.75, 3.05) is 12.4 Å². The van der Waals surface area contributed by atoms with E-state index in [1.54, 1.807) is 11.8 Å². The summed E-state index contributed by atoms with van der Waals surface area (Å²) in [5.41, 5.74) is 2.90. The highest BCUT2D eigenvalue weighted by atomic mass is 16.5. The number of rotatable bonds is 5. The highest BCUT2D eigenvalue weighted by molar-refractivity contribution is 5.92. The van der Waals surface area contributed by atoms with Gasteiger partial charge in [-0.3, -0.25) is 0 Å². The van der Waals surface area contributed by atoms with Crippen LogP contribution in [0, 0.1) is 0 Å². The molecule has 1 unspecified atom stereocenters. The van der Waals surface area contributed by atoms with Crippen molar-refractivity contribution >= 4 is 11.9 Å². The van der Waals surface area contributed by atoms with Crippen molar-refractivity contribution in [2.24, 2.45) is 0 Å². The Morgan fingerprint density at radius 3 is 2.61 bits per heavy atom. The summed E-state index contributed by atoms with van der Waals surface area (Å²) in [5, 5.41) is 14.8. The first kappa shape index (κ1) is 17.7. The van der Waals surface area contributed by atoms with Crippen LogP contribution in [0.2, 0.25) is 0 Å². The third-order valence-electron chi connectivity index (χ3n) is 4.58. The monoisotopic (exact) mass is 377 g/mol. The molecule has 28 heavy (non-hydrogen) atoms. The maximum absolute atomic E-state index is 13.0. The fourth-order valence-corrected chi connectivity index (χ4v) is 3.17. The molecule has 1 aliphatic heterocycles. The minimum atomic E-state index is -0.462. The Bertz CT molecular complexity index is 1010. The van der Waals surface area contributed by atoms with Gasteiger partial charge in [0.2, 0.25) is 5.95 Å². The molecule has 2 aromatic carbocycles. The third kappa shape index (κ3) is 3.32. The number of benzene rings is 2. The number of anilines is 1. The zero-order chi connectivity index (χ0) is 19.5. The third-order valence-corrected chi connectivity index (χ3v) is 4.58. The van der Waals surface area contributed by atoms with Gasteiger partial charge < -0.3 is 14.8 Å². The van der Waals surface area contributed by atoms with Gasteiger partial charge in [-0.2, -0.15) is 4.68 Å². The van der Waals surface area contributed by atoms with Crippen LogP contribution in [0.5, 0.6) is 5.75 Å². The second-order valence-corrected chi connectivity index (χ2v) is 6.35. The summed E-state index contributed by atoms with van der Waals surface area (Å²) in [6.07, 6.45) is 0. The van der Waals surface area contributed by atoms with E-state index in [4.69, 9.17) is 9.47 Å². The van der Waals surface area contributed by atoms with Crippen molar-refractivity contribution in [2.45, 2.75) is 19.6 Å². The van der Waals surface area contributed by atoms with Crippen molar-refractivity contribution in [3.63, 3.8) is 0 Å². The molecule has 0 amide bonds. The molecule has 0 aliphatic carbocycles. The van der Waals surface area contributed by atoms with Crippen LogP contribution in [0.4, 0.5) is 5.95 Å². The predicted octanol–water partition coefficient (Wildman–Crippen LogP) is 2.71. The van der Waals surface area contributed by atoms with Crippen LogP contribution in [0.15, 0.2) is 65.9 Å². The Kier molecular flexibility index (Phi) is 4.76. The number of tetrazole rings is 1. The van der Waals surface area contributed by atoms with Gasteiger partial charge in [0.1, 0.15) is 18.4 Å². The maximum Gasteiger partial charge on any atom is 0.338 e. The van der Waals surface area contributed by atoms with Gasteiger partial charge in [-0.25, -0.2) is 4.79 Å². The van der Waals surface area contributed by atoms with Crippen molar-refractivity contribution in [1.82, 2.24) is 20.2 Å². The van der Waals surface area contributed by atoms with Crippen LogP contribution in [-0.4, -0.2) is 33.3 Å². The van der Waals surface area contributed by atoms with Crippen molar-refractivity contribution in [1.29, 1.82) is 0 Å². The molecule has 1 aromatic heterocycles. The normalized spacial score (nSPS) is 15.6. The summed E-state index contributed by atoms with van der Waals surface area (Å²) in [4.78, 5) is 13.0. The summed E-state index contributed by atoms with van der Waals surface area (Å²) in [6, 6.07) is 16.5. The molecule has 0 saturated carbocycles. The minimum Gasteiger partial charge on any atom is -0.497 e. The molecule has 142 valence electrons. The zero-order valence-corrected chi connectivity index (χ0v) is 15.5. The first-order chi connectivity index (χ1) is 13.7. The van der Waals surface area contributed by atoms with Gasteiger partial charge in [0.25, 0.3) is 0 Å². The van der Waals surface area contributed by atoms with Gasteiger partial charge in [0.05, 0.1) is 12.7 Å². The Hall–Kier alpha value is -3.68. The molecular formula is C20H19N5O3. The fourth-order valence-electron chi connectivity index (χ4n) is 3.17. The van der Waals surface area contributed by atoms with E-state index in [1.807, 2.05) is 61.5 Å². The van der Waals surface area contributed by atoms with Crippen LogP contribution in [0.3, 0.4) is 0 Å². The van der Waals surface area contributed by atoms with E-state index in [2.05, 4.69) is 20.8 Å². The van der Waals surface area contributed by atoms with Gasteiger partial charge in [0.15, 0.2) is 0 Å². The summed E-state index contributed by atoms with van der Waals surface area (Å²) in [7, 11) is 1.61. The largest absolute Gasteiger partial charge is 0.497 e. The van der Waals surface area contributed by atoms with E-state index in [-0.39, 0.29) is 6.61 Å². The van der Waals surface area contributed by atoms with Crippen LogP contribution < -0.4 is 10.1 Å². The molecule has 2 heterocycles. The van der Waals surface area contributed by atoms with Crippen LogP contribution in [-0.2, 0) is 16.1 Å². The van der Waals surface area contributed by atoms with Crippen LogP contribution >= 0.6 is 0 Å². The lowest BCUT2D eigenvalue weighted by Crippen LogP contribution is -2.29. The van der Waals surface area contributed by atoms with Gasteiger partial charge >= 0.3 is 5.97 Å². The molecule has 0 saturated heterocycles. The van der Waals surface area contributed by atoms with Gasteiger partial charge in [-0.15, -0.1) is 0 Å². The highest BCUT2D eigenvalue weighted by Gasteiger charge is 2.34. The topological polar surface area (TPSA) is 91.2 Å². The standard InChI is InChI=1S/C20H19N5O3/c1-13-17(19(26)28-12-14-8-10-16(27-2)11-9-14)18(15-6-4-3-5-7-15)25-20(21-13)22-23-24-25/h3-11,18H,12H2,1-2H3,(H,21,22,24). The Morgan fingerprint density at radius 2 is 1.89 bits per heavy atom. The number of aromatic nitrogens is 4. The molecule has 0 bridgehead atoms. The zero-order valence-electron chi connectivity index (χ0n) is 15.5.